The molecule has 0 radical (unpaired) electrons. The summed E-state index contributed by atoms with van der Waals surface area (Å²) in [5, 5.41) is 21.9. The summed E-state index contributed by atoms with van der Waals surface area (Å²) in [6, 6.07) is 11.2. The molecule has 0 aliphatic carbocycles. The summed E-state index contributed by atoms with van der Waals surface area (Å²) < 4.78 is 0. The highest BCUT2D eigenvalue weighted by Gasteiger charge is 2.36. The molecule has 28 heavy (non-hydrogen) atoms. The maximum absolute atomic E-state index is 13.1. The van der Waals surface area contributed by atoms with Crippen molar-refractivity contribution in [3.05, 3.63) is 67.9 Å². The lowest BCUT2D eigenvalue weighted by atomic mass is 9.95. The molecule has 142 valence electrons. The van der Waals surface area contributed by atoms with Crippen molar-refractivity contribution in [3.63, 3.8) is 0 Å². The van der Waals surface area contributed by atoms with Crippen LogP contribution in [0.15, 0.2) is 42.5 Å². The average molecular weight is 417 g/mol. The number of alkyl halides is 1. The van der Waals surface area contributed by atoms with E-state index in [1.165, 1.54) is 23.1 Å². The second-order valence-electron chi connectivity index (χ2n) is 6.37. The molecule has 1 amide bonds. The molecule has 0 bridgehead atoms. The van der Waals surface area contributed by atoms with E-state index in [1.54, 1.807) is 24.3 Å². The van der Waals surface area contributed by atoms with E-state index in [0.29, 0.717) is 16.5 Å². The first-order valence-corrected chi connectivity index (χ1v) is 9.68. The van der Waals surface area contributed by atoms with Crippen LogP contribution in [0.5, 0.6) is 0 Å². The van der Waals surface area contributed by atoms with Crippen LogP contribution in [0.1, 0.15) is 30.8 Å². The number of non-ortho nitro benzene ring substituents is 1. The quantitative estimate of drug-likeness (QED) is 0.383. The Bertz CT molecular complexity index is 1140. The van der Waals surface area contributed by atoms with Gasteiger partial charge in [0.15, 0.2) is 0 Å². The predicted molar refractivity (Wildman–Crippen MR) is 107 cm³/mol. The Kier molecular flexibility index (Phi) is 4.52. The summed E-state index contributed by atoms with van der Waals surface area (Å²) in [6.45, 7) is 0.281. The highest BCUT2D eigenvalue weighted by molar-refractivity contribution is 7.16. The van der Waals surface area contributed by atoms with Gasteiger partial charge < -0.3 is 10.0 Å². The van der Waals surface area contributed by atoms with E-state index in [1.807, 2.05) is 0 Å². The second kappa shape index (κ2) is 6.88. The number of carbonyl (C=O) groups excluding carboxylic acids is 1. The minimum atomic E-state index is -1.11. The third kappa shape index (κ3) is 2.81. The monoisotopic (exact) mass is 416 g/mol. The third-order valence-corrected chi connectivity index (χ3v) is 6.23. The minimum Gasteiger partial charge on any atom is -0.477 e. The van der Waals surface area contributed by atoms with Gasteiger partial charge in [-0.1, -0.05) is 18.2 Å². The Labute approximate surface area is 167 Å². The van der Waals surface area contributed by atoms with Crippen LogP contribution in [0, 0.1) is 10.1 Å². The van der Waals surface area contributed by atoms with Crippen LogP contribution in [-0.4, -0.2) is 34.3 Å². The largest absolute Gasteiger partial charge is 0.477 e. The lowest BCUT2D eigenvalue weighted by molar-refractivity contribution is -0.383. The molecular weight excluding hydrogens is 404 g/mol. The summed E-state index contributed by atoms with van der Waals surface area (Å²) in [6.07, 6.45) is 0. The number of anilines is 1. The number of fused-ring (bicyclic) bond motifs is 3. The molecule has 4 rings (SSSR count). The summed E-state index contributed by atoms with van der Waals surface area (Å²) in [4.78, 5) is 37.1. The molecule has 3 aromatic rings. The fourth-order valence-corrected chi connectivity index (χ4v) is 4.64. The number of thiophene rings is 1. The maximum Gasteiger partial charge on any atom is 0.345 e. The molecule has 1 atom stereocenters. The van der Waals surface area contributed by atoms with Gasteiger partial charge in [0.2, 0.25) is 0 Å². The highest BCUT2D eigenvalue weighted by atomic mass is 35.5. The SMILES string of the molecule is O=C(O)c1ccc(C(=O)N2C[C@@H](CCl)c3c2cc([N+](=O)[O-])c2ccccc32)s1. The van der Waals surface area contributed by atoms with Gasteiger partial charge in [-0.05, 0) is 29.1 Å². The fourth-order valence-electron chi connectivity index (χ4n) is 3.60. The van der Waals surface area contributed by atoms with E-state index in [4.69, 9.17) is 16.7 Å². The smallest absolute Gasteiger partial charge is 0.345 e. The van der Waals surface area contributed by atoms with Gasteiger partial charge in [0.1, 0.15) is 4.88 Å². The van der Waals surface area contributed by atoms with Crippen molar-refractivity contribution in [2.24, 2.45) is 0 Å². The predicted octanol–water partition coefficient (Wildman–Crippen LogP) is 4.49. The van der Waals surface area contributed by atoms with E-state index in [0.717, 1.165) is 16.9 Å². The van der Waals surface area contributed by atoms with Gasteiger partial charge in [-0.2, -0.15) is 0 Å². The Morgan fingerprint density at radius 1 is 1.21 bits per heavy atom. The minimum absolute atomic E-state index is 0.0566. The van der Waals surface area contributed by atoms with Crippen molar-refractivity contribution in [3.8, 4) is 0 Å². The molecule has 2 heterocycles. The van der Waals surface area contributed by atoms with Crippen LogP contribution in [0.25, 0.3) is 10.8 Å². The van der Waals surface area contributed by atoms with E-state index in [-0.39, 0.29) is 33.8 Å². The Hall–Kier alpha value is -2.97. The van der Waals surface area contributed by atoms with Crippen molar-refractivity contribution in [2.45, 2.75) is 5.92 Å². The molecule has 1 aromatic heterocycles. The first-order chi connectivity index (χ1) is 13.4. The molecule has 1 aliphatic heterocycles. The van der Waals surface area contributed by atoms with Gasteiger partial charge in [0, 0.05) is 24.4 Å². The first-order valence-electron chi connectivity index (χ1n) is 8.33. The molecular formula is C19H13ClN2O5S. The number of aromatic carboxylic acids is 1. The van der Waals surface area contributed by atoms with Gasteiger partial charge >= 0.3 is 5.97 Å². The molecule has 0 spiro atoms. The van der Waals surface area contributed by atoms with E-state index in [2.05, 4.69) is 0 Å². The summed E-state index contributed by atoms with van der Waals surface area (Å²) in [5.74, 6) is -1.42. The number of hydrogen-bond donors (Lipinski definition) is 1. The average Bonchev–Trinajstić information content (AvgIpc) is 3.32. The normalized spacial score (nSPS) is 15.6. The summed E-state index contributed by atoms with van der Waals surface area (Å²) >= 11 is 7.03. The molecule has 7 nitrogen and oxygen atoms in total. The van der Waals surface area contributed by atoms with Crippen LogP contribution in [0.4, 0.5) is 11.4 Å². The number of hydrogen-bond acceptors (Lipinski definition) is 5. The number of nitro benzene ring substituents is 1. The lowest BCUT2D eigenvalue weighted by Gasteiger charge is -2.17. The van der Waals surface area contributed by atoms with Crippen LogP contribution < -0.4 is 4.90 Å². The number of carbonyl (C=O) groups is 2. The Balaban J connectivity index is 1.89. The number of halogens is 1. The number of benzene rings is 2. The molecule has 1 aliphatic rings. The maximum atomic E-state index is 13.1. The molecule has 0 fully saturated rings. The van der Waals surface area contributed by atoms with Gasteiger partial charge in [-0.3, -0.25) is 14.9 Å². The number of carboxylic acid groups (broad SMARTS) is 1. The van der Waals surface area contributed by atoms with E-state index < -0.39 is 16.8 Å². The second-order valence-corrected chi connectivity index (χ2v) is 7.76. The van der Waals surface area contributed by atoms with Crippen LogP contribution in [-0.2, 0) is 0 Å². The fraction of sp³-hybridized carbons (Fsp3) is 0.158. The summed E-state index contributed by atoms with van der Waals surface area (Å²) in [5.41, 5.74) is 1.17. The van der Waals surface area contributed by atoms with Crippen molar-refractivity contribution in [1.82, 2.24) is 0 Å². The Morgan fingerprint density at radius 2 is 1.89 bits per heavy atom. The summed E-state index contributed by atoms with van der Waals surface area (Å²) in [7, 11) is 0. The highest BCUT2D eigenvalue weighted by Crippen LogP contribution is 2.46. The first kappa shape index (κ1) is 18.4. The molecule has 0 saturated carbocycles. The number of rotatable bonds is 4. The van der Waals surface area contributed by atoms with Crippen LogP contribution in [0.3, 0.4) is 0 Å². The van der Waals surface area contributed by atoms with Crippen LogP contribution in [0.2, 0.25) is 0 Å². The van der Waals surface area contributed by atoms with Gasteiger partial charge in [0.05, 0.1) is 20.9 Å². The van der Waals surface area contributed by atoms with Gasteiger partial charge in [-0.25, -0.2) is 4.79 Å². The zero-order valence-electron chi connectivity index (χ0n) is 14.3. The van der Waals surface area contributed by atoms with Crippen LogP contribution >= 0.6 is 22.9 Å². The topological polar surface area (TPSA) is 101 Å². The standard InChI is InChI=1S/C19H13ClN2O5S/c20-8-10-9-21(18(23)15-5-6-16(28-15)19(24)25)14-7-13(22(26)27)11-3-1-2-4-12(11)17(10)14/h1-7,10H,8-9H2,(H,24,25)/t10-/m1/s1. The van der Waals surface area contributed by atoms with Crippen molar-refractivity contribution in [1.29, 1.82) is 0 Å². The lowest BCUT2D eigenvalue weighted by Crippen LogP contribution is -2.29. The van der Waals surface area contributed by atoms with E-state index >= 15 is 0 Å². The molecule has 2 aromatic carbocycles. The van der Waals surface area contributed by atoms with E-state index in [9.17, 15) is 19.7 Å². The zero-order chi connectivity index (χ0) is 20.0. The molecule has 9 heteroatoms. The van der Waals surface area contributed by atoms with Crippen molar-refractivity contribution >= 4 is 57.0 Å². The van der Waals surface area contributed by atoms with Gasteiger partial charge in [0.25, 0.3) is 11.6 Å². The molecule has 0 unspecified atom stereocenters. The number of carboxylic acids is 1. The number of nitro groups is 1. The number of nitrogens with zero attached hydrogens (tertiary/aromatic N) is 2. The molecule has 0 saturated heterocycles. The van der Waals surface area contributed by atoms with Crippen molar-refractivity contribution in [2.75, 3.05) is 17.3 Å². The Morgan fingerprint density at radius 3 is 2.50 bits per heavy atom. The molecule has 1 N–H and O–H groups in total. The number of amides is 1. The third-order valence-electron chi connectivity index (χ3n) is 4.80. The van der Waals surface area contributed by atoms with Crippen molar-refractivity contribution < 1.29 is 19.6 Å². The van der Waals surface area contributed by atoms with Gasteiger partial charge in [-0.15, -0.1) is 22.9 Å². The zero-order valence-corrected chi connectivity index (χ0v) is 15.9.